The summed E-state index contributed by atoms with van der Waals surface area (Å²) in [7, 11) is -3.48. The van der Waals surface area contributed by atoms with Gasteiger partial charge in [-0.05, 0) is 49.1 Å². The normalized spacial score (nSPS) is 15.3. The predicted molar refractivity (Wildman–Crippen MR) is 104 cm³/mol. The molecule has 0 radical (unpaired) electrons. The lowest BCUT2D eigenvalue weighted by Gasteiger charge is -2.25. The van der Waals surface area contributed by atoms with Gasteiger partial charge in [-0.25, -0.2) is 12.8 Å². The molecule has 2 aromatic carbocycles. The van der Waals surface area contributed by atoms with E-state index in [2.05, 4.69) is 5.32 Å². The summed E-state index contributed by atoms with van der Waals surface area (Å²) in [6.07, 6.45) is 3.25. The van der Waals surface area contributed by atoms with Crippen molar-refractivity contribution in [3.63, 3.8) is 0 Å². The lowest BCUT2D eigenvalue weighted by Crippen LogP contribution is -2.35. The molecule has 0 atom stereocenters. The first-order chi connectivity index (χ1) is 13.4. The molecule has 1 fully saturated rings. The van der Waals surface area contributed by atoms with E-state index in [9.17, 15) is 22.7 Å². The molecule has 0 bridgehead atoms. The molecule has 2 N–H and O–H groups in total. The first-order valence-electron chi connectivity index (χ1n) is 9.24. The van der Waals surface area contributed by atoms with Crippen molar-refractivity contribution in [1.29, 1.82) is 0 Å². The summed E-state index contributed by atoms with van der Waals surface area (Å²) in [5.74, 6) is -1.48. The number of piperidine rings is 1. The molecule has 3 rings (SSSR count). The second kappa shape index (κ2) is 8.70. The van der Waals surface area contributed by atoms with E-state index in [-0.39, 0.29) is 22.8 Å². The molecule has 1 aliphatic rings. The van der Waals surface area contributed by atoms with Gasteiger partial charge in [-0.3, -0.25) is 4.79 Å². The number of para-hydroxylation sites is 1. The highest BCUT2D eigenvalue weighted by atomic mass is 32.2. The van der Waals surface area contributed by atoms with Crippen LogP contribution in [0.5, 0.6) is 5.75 Å². The number of nitrogens with zero attached hydrogens (tertiary/aromatic N) is 1. The summed E-state index contributed by atoms with van der Waals surface area (Å²) in [5.41, 5.74) is 0.556. The summed E-state index contributed by atoms with van der Waals surface area (Å²) in [6.45, 7) is 1.10. The number of phenols is 1. The van der Waals surface area contributed by atoms with Gasteiger partial charge in [-0.2, -0.15) is 4.31 Å². The van der Waals surface area contributed by atoms with Crippen molar-refractivity contribution in [1.82, 2.24) is 4.31 Å². The van der Waals surface area contributed by atoms with E-state index >= 15 is 0 Å². The number of aromatic hydroxyl groups is 1. The van der Waals surface area contributed by atoms with E-state index in [1.165, 1.54) is 16.4 Å². The van der Waals surface area contributed by atoms with Gasteiger partial charge in [0.15, 0.2) is 5.82 Å². The van der Waals surface area contributed by atoms with Crippen molar-refractivity contribution >= 4 is 21.6 Å². The molecule has 1 saturated heterocycles. The first-order valence-corrected chi connectivity index (χ1v) is 10.7. The first kappa shape index (κ1) is 20.3. The SMILES string of the molecule is O=C(CCc1ccc(S(=O)(=O)N2CCCCC2)cc1)Nc1c(O)cccc1F. The van der Waals surface area contributed by atoms with Gasteiger partial charge in [-0.1, -0.05) is 24.6 Å². The molecule has 28 heavy (non-hydrogen) atoms. The van der Waals surface area contributed by atoms with Crippen molar-refractivity contribution in [2.75, 3.05) is 18.4 Å². The van der Waals surface area contributed by atoms with Crippen LogP contribution >= 0.6 is 0 Å². The number of phenolic OH excluding ortho intramolecular Hbond substituents is 1. The molecule has 0 saturated carbocycles. The number of benzene rings is 2. The van der Waals surface area contributed by atoms with E-state index < -0.39 is 21.7 Å². The molecule has 0 unspecified atom stereocenters. The molecule has 0 spiro atoms. The number of carbonyl (C=O) groups excluding carboxylic acids is 1. The van der Waals surface area contributed by atoms with Crippen LogP contribution in [-0.2, 0) is 21.2 Å². The summed E-state index contributed by atoms with van der Waals surface area (Å²) >= 11 is 0. The van der Waals surface area contributed by atoms with Crippen molar-refractivity contribution in [2.24, 2.45) is 0 Å². The number of halogens is 1. The largest absolute Gasteiger partial charge is 0.506 e. The third kappa shape index (κ3) is 4.69. The van der Waals surface area contributed by atoms with Crippen LogP contribution in [0.15, 0.2) is 47.4 Å². The monoisotopic (exact) mass is 406 g/mol. The number of amides is 1. The van der Waals surface area contributed by atoms with Gasteiger partial charge in [0, 0.05) is 19.5 Å². The second-order valence-electron chi connectivity index (χ2n) is 6.79. The van der Waals surface area contributed by atoms with Gasteiger partial charge < -0.3 is 10.4 Å². The van der Waals surface area contributed by atoms with Crippen LogP contribution in [0.4, 0.5) is 10.1 Å². The fourth-order valence-corrected chi connectivity index (χ4v) is 4.70. The Kier molecular flexibility index (Phi) is 6.31. The van der Waals surface area contributed by atoms with Crippen molar-refractivity contribution in [3.8, 4) is 5.75 Å². The summed E-state index contributed by atoms with van der Waals surface area (Å²) in [4.78, 5) is 12.3. The zero-order valence-electron chi connectivity index (χ0n) is 15.4. The fraction of sp³-hybridized carbons (Fsp3) is 0.350. The van der Waals surface area contributed by atoms with E-state index in [4.69, 9.17) is 0 Å². The highest BCUT2D eigenvalue weighted by Crippen LogP contribution is 2.26. The Morgan fingerprint density at radius 1 is 1.07 bits per heavy atom. The van der Waals surface area contributed by atoms with Gasteiger partial charge >= 0.3 is 0 Å². The molecule has 1 heterocycles. The van der Waals surface area contributed by atoms with E-state index in [0.29, 0.717) is 19.5 Å². The van der Waals surface area contributed by atoms with Crippen molar-refractivity contribution in [3.05, 3.63) is 53.8 Å². The highest BCUT2D eigenvalue weighted by Gasteiger charge is 2.25. The Hall–Kier alpha value is -2.45. The molecule has 150 valence electrons. The quantitative estimate of drug-likeness (QED) is 0.721. The molecule has 2 aromatic rings. The van der Waals surface area contributed by atoms with Gasteiger partial charge in [0.05, 0.1) is 4.90 Å². The Morgan fingerprint density at radius 3 is 2.39 bits per heavy atom. The smallest absolute Gasteiger partial charge is 0.243 e. The number of hydrogen-bond donors (Lipinski definition) is 2. The molecule has 0 aliphatic carbocycles. The van der Waals surface area contributed by atoms with Crippen LogP contribution in [-0.4, -0.2) is 36.8 Å². The Morgan fingerprint density at radius 2 is 1.75 bits per heavy atom. The standard InChI is InChI=1S/C20H23FN2O4S/c21-17-5-4-6-18(24)20(17)22-19(25)12-9-15-7-10-16(11-8-15)28(26,27)23-13-2-1-3-14-23/h4-8,10-11,24H,1-3,9,12-14H2,(H,22,25). The molecule has 1 amide bonds. The number of rotatable bonds is 6. The lowest BCUT2D eigenvalue weighted by atomic mass is 10.1. The van der Waals surface area contributed by atoms with Gasteiger partial charge in [-0.15, -0.1) is 0 Å². The van der Waals surface area contributed by atoms with Gasteiger partial charge in [0.1, 0.15) is 11.4 Å². The summed E-state index contributed by atoms with van der Waals surface area (Å²) in [6, 6.07) is 10.3. The Labute approximate surface area is 164 Å². The average molecular weight is 406 g/mol. The van der Waals surface area contributed by atoms with Crippen LogP contribution in [0.25, 0.3) is 0 Å². The lowest BCUT2D eigenvalue weighted by molar-refractivity contribution is -0.116. The molecule has 0 aromatic heterocycles. The number of hydrogen-bond acceptors (Lipinski definition) is 4. The van der Waals surface area contributed by atoms with Crippen LogP contribution in [0, 0.1) is 5.82 Å². The second-order valence-corrected chi connectivity index (χ2v) is 8.73. The maximum atomic E-state index is 13.6. The number of sulfonamides is 1. The van der Waals surface area contributed by atoms with E-state index in [1.807, 2.05) is 0 Å². The molecule has 8 heteroatoms. The maximum Gasteiger partial charge on any atom is 0.243 e. The number of nitrogens with one attached hydrogen (secondary N) is 1. The predicted octanol–water partition coefficient (Wildman–Crippen LogP) is 3.28. The number of carbonyl (C=O) groups is 1. The minimum absolute atomic E-state index is 0.0754. The minimum Gasteiger partial charge on any atom is -0.506 e. The Bertz CT molecular complexity index is 919. The van der Waals surface area contributed by atoms with E-state index in [1.54, 1.807) is 24.3 Å². The molecular weight excluding hydrogens is 383 g/mol. The highest BCUT2D eigenvalue weighted by molar-refractivity contribution is 7.89. The topological polar surface area (TPSA) is 86.7 Å². The third-order valence-corrected chi connectivity index (χ3v) is 6.69. The van der Waals surface area contributed by atoms with Gasteiger partial charge in [0.25, 0.3) is 0 Å². The van der Waals surface area contributed by atoms with Crippen molar-refractivity contribution in [2.45, 2.75) is 37.0 Å². The van der Waals surface area contributed by atoms with Crippen LogP contribution in [0.3, 0.4) is 0 Å². The van der Waals surface area contributed by atoms with Gasteiger partial charge in [0.2, 0.25) is 15.9 Å². The number of aryl methyl sites for hydroxylation is 1. The molecule has 1 aliphatic heterocycles. The summed E-state index contributed by atoms with van der Waals surface area (Å²) in [5, 5.41) is 12.0. The Balaban J connectivity index is 1.59. The molecule has 6 nitrogen and oxygen atoms in total. The molecular formula is C20H23FN2O4S. The summed E-state index contributed by atoms with van der Waals surface area (Å²) < 4.78 is 40.4. The van der Waals surface area contributed by atoms with E-state index in [0.717, 1.165) is 30.9 Å². The van der Waals surface area contributed by atoms with Crippen LogP contribution < -0.4 is 5.32 Å². The zero-order chi connectivity index (χ0) is 20.1. The number of anilines is 1. The fourth-order valence-electron chi connectivity index (χ4n) is 3.18. The average Bonchev–Trinajstić information content (AvgIpc) is 2.70. The zero-order valence-corrected chi connectivity index (χ0v) is 16.2. The third-order valence-electron chi connectivity index (χ3n) is 4.77. The van der Waals surface area contributed by atoms with Crippen molar-refractivity contribution < 1.29 is 22.7 Å². The minimum atomic E-state index is -3.48. The van der Waals surface area contributed by atoms with Crippen LogP contribution in [0.1, 0.15) is 31.2 Å². The maximum absolute atomic E-state index is 13.6. The van der Waals surface area contributed by atoms with Crippen LogP contribution in [0.2, 0.25) is 0 Å².